The van der Waals surface area contributed by atoms with E-state index in [-0.39, 0.29) is 5.91 Å². The smallest absolute Gasteiger partial charge is 0.251 e. The fourth-order valence-corrected chi connectivity index (χ4v) is 2.25. The molecule has 5 nitrogen and oxygen atoms in total. The first-order chi connectivity index (χ1) is 10.3. The number of fused-ring (bicyclic) bond motifs is 1. The molecule has 3 rings (SSSR count). The summed E-state index contributed by atoms with van der Waals surface area (Å²) in [5.74, 6) is -0.0621. The van der Waals surface area contributed by atoms with E-state index in [1.807, 2.05) is 24.5 Å². The van der Waals surface area contributed by atoms with Crippen LogP contribution >= 0.6 is 0 Å². The first-order valence-corrected chi connectivity index (χ1v) is 6.93. The molecular formula is C16H16N4O. The number of benzene rings is 1. The molecule has 0 fully saturated rings. The molecule has 0 spiro atoms. The third-order valence-electron chi connectivity index (χ3n) is 3.33. The minimum Gasteiger partial charge on any atom is -0.352 e. The molecule has 0 aliphatic carbocycles. The highest BCUT2D eigenvalue weighted by Gasteiger charge is 2.04. The zero-order valence-electron chi connectivity index (χ0n) is 11.6. The number of nitrogens with one attached hydrogen (secondary N) is 1. The number of carbonyl (C=O) groups is 1. The van der Waals surface area contributed by atoms with Gasteiger partial charge in [0.25, 0.3) is 5.91 Å². The summed E-state index contributed by atoms with van der Waals surface area (Å²) in [6.07, 6.45) is 5.94. The van der Waals surface area contributed by atoms with Crippen molar-refractivity contribution in [3.8, 4) is 0 Å². The molecule has 5 heteroatoms. The van der Waals surface area contributed by atoms with Crippen molar-refractivity contribution in [3.63, 3.8) is 0 Å². The SMILES string of the molecule is O=C(NCCCn1cnc2ccccc21)c1ccncc1. The van der Waals surface area contributed by atoms with Crippen LogP contribution in [0.25, 0.3) is 11.0 Å². The molecule has 0 radical (unpaired) electrons. The number of aromatic nitrogens is 3. The van der Waals surface area contributed by atoms with Crippen molar-refractivity contribution in [2.24, 2.45) is 0 Å². The monoisotopic (exact) mass is 280 g/mol. The average molecular weight is 280 g/mol. The largest absolute Gasteiger partial charge is 0.352 e. The first kappa shape index (κ1) is 13.3. The highest BCUT2D eigenvalue weighted by Crippen LogP contribution is 2.11. The molecule has 0 aliphatic rings. The number of nitrogens with zero attached hydrogens (tertiary/aromatic N) is 3. The van der Waals surface area contributed by atoms with Gasteiger partial charge in [-0.05, 0) is 30.7 Å². The molecule has 21 heavy (non-hydrogen) atoms. The van der Waals surface area contributed by atoms with E-state index < -0.39 is 0 Å². The maximum atomic E-state index is 11.9. The predicted octanol–water partition coefficient (Wildman–Crippen LogP) is 2.25. The summed E-state index contributed by atoms with van der Waals surface area (Å²) >= 11 is 0. The summed E-state index contributed by atoms with van der Waals surface area (Å²) in [4.78, 5) is 20.1. The molecule has 0 atom stereocenters. The molecule has 106 valence electrons. The van der Waals surface area contributed by atoms with E-state index in [2.05, 4.69) is 25.9 Å². The van der Waals surface area contributed by atoms with E-state index in [1.165, 1.54) is 0 Å². The van der Waals surface area contributed by atoms with Crippen LogP contribution in [0.1, 0.15) is 16.8 Å². The predicted molar refractivity (Wildman–Crippen MR) is 80.9 cm³/mol. The summed E-state index contributed by atoms with van der Waals surface area (Å²) < 4.78 is 2.11. The van der Waals surface area contributed by atoms with Gasteiger partial charge in [0, 0.05) is 31.0 Å². The maximum absolute atomic E-state index is 11.9. The lowest BCUT2D eigenvalue weighted by atomic mass is 10.2. The van der Waals surface area contributed by atoms with E-state index in [0.29, 0.717) is 12.1 Å². The van der Waals surface area contributed by atoms with Crippen LogP contribution in [0, 0.1) is 0 Å². The van der Waals surface area contributed by atoms with Gasteiger partial charge >= 0.3 is 0 Å². The van der Waals surface area contributed by atoms with Gasteiger partial charge < -0.3 is 9.88 Å². The maximum Gasteiger partial charge on any atom is 0.251 e. The second-order valence-corrected chi connectivity index (χ2v) is 4.77. The van der Waals surface area contributed by atoms with Gasteiger partial charge in [-0.1, -0.05) is 12.1 Å². The van der Waals surface area contributed by atoms with Crippen LogP contribution in [-0.4, -0.2) is 27.0 Å². The second kappa shape index (κ2) is 6.17. The van der Waals surface area contributed by atoms with Crippen molar-refractivity contribution in [1.82, 2.24) is 19.9 Å². The molecule has 2 heterocycles. The lowest BCUT2D eigenvalue weighted by molar-refractivity contribution is 0.0952. The summed E-state index contributed by atoms with van der Waals surface area (Å²) in [5, 5.41) is 2.91. The van der Waals surface area contributed by atoms with Crippen molar-refractivity contribution < 1.29 is 4.79 Å². The van der Waals surface area contributed by atoms with Crippen molar-refractivity contribution in [2.45, 2.75) is 13.0 Å². The Labute approximate surface area is 122 Å². The number of para-hydroxylation sites is 2. The van der Waals surface area contributed by atoms with Gasteiger partial charge in [-0.3, -0.25) is 9.78 Å². The molecule has 0 unspecified atom stereocenters. The highest BCUT2D eigenvalue weighted by molar-refractivity contribution is 5.93. The Kier molecular flexibility index (Phi) is 3.91. The zero-order valence-corrected chi connectivity index (χ0v) is 11.6. The van der Waals surface area contributed by atoms with Crippen LogP contribution in [0.4, 0.5) is 0 Å². The fourth-order valence-electron chi connectivity index (χ4n) is 2.25. The van der Waals surface area contributed by atoms with Gasteiger partial charge in [-0.15, -0.1) is 0 Å². The van der Waals surface area contributed by atoms with Crippen LogP contribution in [0.2, 0.25) is 0 Å². The minimum absolute atomic E-state index is 0.0621. The molecule has 3 aromatic rings. The summed E-state index contributed by atoms with van der Waals surface area (Å²) in [6.45, 7) is 1.46. The third kappa shape index (κ3) is 3.08. The summed E-state index contributed by atoms with van der Waals surface area (Å²) in [7, 11) is 0. The fraction of sp³-hybridized carbons (Fsp3) is 0.188. The number of hydrogen-bond donors (Lipinski definition) is 1. The Morgan fingerprint density at radius 2 is 1.95 bits per heavy atom. The van der Waals surface area contributed by atoms with Crippen molar-refractivity contribution in [2.75, 3.05) is 6.54 Å². The van der Waals surface area contributed by atoms with E-state index in [1.54, 1.807) is 24.5 Å². The molecule has 0 saturated carbocycles. The lowest BCUT2D eigenvalue weighted by Crippen LogP contribution is -2.25. The standard InChI is InChI=1S/C16H16N4O/c21-16(13-6-9-17-10-7-13)18-8-3-11-20-12-19-14-4-1-2-5-15(14)20/h1-2,4-7,9-10,12H,3,8,11H2,(H,18,21). The van der Waals surface area contributed by atoms with Gasteiger partial charge in [-0.25, -0.2) is 4.98 Å². The number of carbonyl (C=O) groups excluding carboxylic acids is 1. The number of amides is 1. The number of imidazole rings is 1. The van der Waals surface area contributed by atoms with Crippen molar-refractivity contribution in [1.29, 1.82) is 0 Å². The molecule has 1 N–H and O–H groups in total. The van der Waals surface area contributed by atoms with Crippen LogP contribution in [0.3, 0.4) is 0 Å². The third-order valence-corrected chi connectivity index (χ3v) is 3.33. The highest BCUT2D eigenvalue weighted by atomic mass is 16.1. The normalized spacial score (nSPS) is 10.7. The van der Waals surface area contributed by atoms with Crippen molar-refractivity contribution in [3.05, 3.63) is 60.7 Å². The Hall–Kier alpha value is -2.69. The summed E-state index contributed by atoms with van der Waals surface area (Å²) in [5.41, 5.74) is 2.76. The first-order valence-electron chi connectivity index (χ1n) is 6.93. The molecule has 0 bridgehead atoms. The summed E-state index contributed by atoms with van der Waals surface area (Å²) in [6, 6.07) is 11.5. The molecule has 1 amide bonds. The molecule has 1 aromatic carbocycles. The van der Waals surface area contributed by atoms with Crippen LogP contribution in [0.5, 0.6) is 0 Å². The number of rotatable bonds is 5. The Bertz CT molecular complexity index is 736. The Balaban J connectivity index is 1.52. The van der Waals surface area contributed by atoms with Gasteiger partial charge in [0.05, 0.1) is 17.4 Å². The molecule has 2 aromatic heterocycles. The van der Waals surface area contributed by atoms with E-state index in [0.717, 1.165) is 24.0 Å². The minimum atomic E-state index is -0.0621. The van der Waals surface area contributed by atoms with Gasteiger partial charge in [0.2, 0.25) is 0 Å². The van der Waals surface area contributed by atoms with Crippen LogP contribution in [0.15, 0.2) is 55.1 Å². The topological polar surface area (TPSA) is 59.8 Å². The van der Waals surface area contributed by atoms with E-state index >= 15 is 0 Å². The van der Waals surface area contributed by atoms with Crippen molar-refractivity contribution >= 4 is 16.9 Å². The Morgan fingerprint density at radius 3 is 2.81 bits per heavy atom. The van der Waals surface area contributed by atoms with E-state index in [4.69, 9.17) is 0 Å². The number of pyridine rings is 1. The number of hydrogen-bond acceptors (Lipinski definition) is 3. The second-order valence-electron chi connectivity index (χ2n) is 4.77. The van der Waals surface area contributed by atoms with Crippen LogP contribution < -0.4 is 5.32 Å². The zero-order chi connectivity index (χ0) is 14.5. The average Bonchev–Trinajstić information content (AvgIpc) is 2.95. The number of aryl methyl sites for hydroxylation is 1. The quantitative estimate of drug-likeness (QED) is 0.729. The Morgan fingerprint density at radius 1 is 1.14 bits per heavy atom. The van der Waals surface area contributed by atoms with Crippen LogP contribution in [-0.2, 0) is 6.54 Å². The van der Waals surface area contributed by atoms with Gasteiger partial charge in [0.15, 0.2) is 0 Å². The molecular weight excluding hydrogens is 264 g/mol. The van der Waals surface area contributed by atoms with Gasteiger partial charge in [0.1, 0.15) is 0 Å². The molecule has 0 saturated heterocycles. The lowest BCUT2D eigenvalue weighted by Gasteiger charge is -2.06. The van der Waals surface area contributed by atoms with E-state index in [9.17, 15) is 4.79 Å². The molecule has 0 aliphatic heterocycles. The van der Waals surface area contributed by atoms with Gasteiger partial charge in [-0.2, -0.15) is 0 Å².